The minimum Gasteiger partial charge on any atom is -0.317 e. The summed E-state index contributed by atoms with van der Waals surface area (Å²) in [5.41, 5.74) is 5.48. The maximum Gasteiger partial charge on any atom is 0.322 e. The SMILES string of the molecule is CC(C)c1cccc(C(C)C)c1NC(=O)N(Cc1ccc([N+](=O)[O-])cc1)C1CCC(c2ccccc2)CC1. The van der Waals surface area contributed by atoms with Gasteiger partial charge in [-0.05, 0) is 65.7 Å². The van der Waals surface area contributed by atoms with Crippen LogP contribution in [0.5, 0.6) is 0 Å². The maximum atomic E-state index is 14.0. The number of benzene rings is 3. The summed E-state index contributed by atoms with van der Waals surface area (Å²) in [7, 11) is 0. The Morgan fingerprint density at radius 2 is 1.45 bits per heavy atom. The van der Waals surface area contributed by atoms with E-state index in [2.05, 4.69) is 75.5 Å². The largest absolute Gasteiger partial charge is 0.322 e. The van der Waals surface area contributed by atoms with Gasteiger partial charge in [0.25, 0.3) is 5.69 Å². The van der Waals surface area contributed by atoms with Gasteiger partial charge < -0.3 is 10.2 Å². The first-order valence-corrected chi connectivity index (χ1v) is 13.7. The van der Waals surface area contributed by atoms with Crippen LogP contribution >= 0.6 is 0 Å². The second-order valence-electron chi connectivity index (χ2n) is 11.0. The zero-order valence-corrected chi connectivity index (χ0v) is 22.9. The van der Waals surface area contributed by atoms with Crippen LogP contribution in [0.2, 0.25) is 0 Å². The molecule has 0 bridgehead atoms. The molecule has 200 valence electrons. The van der Waals surface area contributed by atoms with Gasteiger partial charge in [0.2, 0.25) is 0 Å². The quantitative estimate of drug-likeness (QED) is 0.242. The molecule has 0 radical (unpaired) electrons. The Morgan fingerprint density at radius 3 is 1.97 bits per heavy atom. The second-order valence-corrected chi connectivity index (χ2v) is 11.0. The van der Waals surface area contributed by atoms with E-state index in [1.54, 1.807) is 12.1 Å². The van der Waals surface area contributed by atoms with E-state index in [0.29, 0.717) is 12.5 Å². The van der Waals surface area contributed by atoms with Crippen molar-refractivity contribution in [2.75, 3.05) is 5.32 Å². The Hall–Kier alpha value is -3.67. The third-order valence-corrected chi connectivity index (χ3v) is 7.77. The lowest BCUT2D eigenvalue weighted by molar-refractivity contribution is -0.384. The van der Waals surface area contributed by atoms with Gasteiger partial charge in [0.1, 0.15) is 0 Å². The summed E-state index contributed by atoms with van der Waals surface area (Å²) in [6, 6.07) is 23.4. The fourth-order valence-corrected chi connectivity index (χ4v) is 5.61. The van der Waals surface area contributed by atoms with Gasteiger partial charge in [-0.2, -0.15) is 0 Å². The number of anilines is 1. The third kappa shape index (κ3) is 6.42. The molecule has 1 aliphatic rings. The molecule has 0 unspecified atom stereocenters. The number of nitrogens with zero attached hydrogens (tertiary/aromatic N) is 2. The first kappa shape index (κ1) is 27.4. The van der Waals surface area contributed by atoms with E-state index in [-0.39, 0.29) is 29.6 Å². The fourth-order valence-electron chi connectivity index (χ4n) is 5.61. The van der Waals surface area contributed by atoms with Gasteiger partial charge >= 0.3 is 6.03 Å². The minimum absolute atomic E-state index is 0.0561. The highest BCUT2D eigenvalue weighted by Gasteiger charge is 2.30. The van der Waals surface area contributed by atoms with Gasteiger partial charge in [0.05, 0.1) is 4.92 Å². The van der Waals surface area contributed by atoms with E-state index < -0.39 is 4.92 Å². The van der Waals surface area contributed by atoms with Crippen molar-refractivity contribution in [3.8, 4) is 0 Å². The Morgan fingerprint density at radius 1 is 0.868 bits per heavy atom. The maximum absolute atomic E-state index is 14.0. The summed E-state index contributed by atoms with van der Waals surface area (Å²) < 4.78 is 0. The summed E-state index contributed by atoms with van der Waals surface area (Å²) in [6.45, 7) is 9.00. The highest BCUT2D eigenvalue weighted by atomic mass is 16.6. The van der Waals surface area contributed by atoms with Crippen molar-refractivity contribution in [1.82, 2.24) is 4.90 Å². The molecule has 0 aliphatic heterocycles. The van der Waals surface area contributed by atoms with Gasteiger partial charge in [-0.15, -0.1) is 0 Å². The van der Waals surface area contributed by atoms with Crippen molar-refractivity contribution in [3.63, 3.8) is 0 Å². The van der Waals surface area contributed by atoms with Crippen LogP contribution in [0.15, 0.2) is 72.8 Å². The van der Waals surface area contributed by atoms with Crippen LogP contribution in [-0.4, -0.2) is 21.9 Å². The molecule has 3 aromatic rings. The molecule has 0 heterocycles. The molecule has 2 amide bonds. The molecule has 4 rings (SSSR count). The molecular weight excluding hydrogens is 474 g/mol. The minimum atomic E-state index is -0.393. The second kappa shape index (κ2) is 12.2. The molecule has 0 spiro atoms. The lowest BCUT2D eigenvalue weighted by atomic mass is 9.81. The van der Waals surface area contributed by atoms with Crippen molar-refractivity contribution >= 4 is 17.4 Å². The van der Waals surface area contributed by atoms with Gasteiger partial charge in [-0.1, -0.05) is 88.4 Å². The number of hydrogen-bond donors (Lipinski definition) is 1. The van der Waals surface area contributed by atoms with E-state index in [9.17, 15) is 14.9 Å². The van der Waals surface area contributed by atoms with E-state index >= 15 is 0 Å². The standard InChI is InChI=1S/C32H39N3O3/c1-22(2)29-11-8-12-30(23(3)4)31(29)33-32(36)34(21-24-13-17-28(18-14-24)35(37)38)27-19-15-26(16-20-27)25-9-6-5-7-10-25/h5-14,17-18,22-23,26-27H,15-16,19-21H2,1-4H3,(H,33,36). The molecule has 1 aliphatic carbocycles. The number of nitro groups is 1. The number of carbonyl (C=O) groups is 1. The van der Waals surface area contributed by atoms with Gasteiger partial charge in [-0.25, -0.2) is 4.79 Å². The summed E-state index contributed by atoms with van der Waals surface area (Å²) >= 11 is 0. The molecule has 6 heteroatoms. The number of para-hydroxylation sites is 1. The third-order valence-electron chi connectivity index (χ3n) is 7.77. The number of urea groups is 1. The van der Waals surface area contributed by atoms with Crippen LogP contribution in [0.1, 0.15) is 93.4 Å². The Kier molecular flexibility index (Phi) is 8.82. The van der Waals surface area contributed by atoms with Crippen LogP contribution in [0, 0.1) is 10.1 Å². The highest BCUT2D eigenvalue weighted by molar-refractivity contribution is 5.91. The molecule has 0 aromatic heterocycles. The van der Waals surface area contributed by atoms with Gasteiger partial charge in [-0.3, -0.25) is 10.1 Å². The number of amides is 2. The van der Waals surface area contributed by atoms with E-state index in [1.807, 2.05) is 11.0 Å². The fraction of sp³-hybridized carbons (Fsp3) is 0.406. The number of carbonyl (C=O) groups excluding carboxylic acids is 1. The highest BCUT2D eigenvalue weighted by Crippen LogP contribution is 2.37. The first-order valence-electron chi connectivity index (χ1n) is 13.7. The van der Waals surface area contributed by atoms with E-state index in [4.69, 9.17) is 0 Å². The molecule has 1 saturated carbocycles. The van der Waals surface area contributed by atoms with Crippen molar-refractivity contribution < 1.29 is 9.72 Å². The Balaban J connectivity index is 1.60. The summed E-state index contributed by atoms with van der Waals surface area (Å²) in [6.07, 6.45) is 3.89. The predicted octanol–water partition coefficient (Wildman–Crippen LogP) is 8.60. The summed E-state index contributed by atoms with van der Waals surface area (Å²) in [4.78, 5) is 26.7. The molecule has 6 nitrogen and oxygen atoms in total. The molecule has 1 N–H and O–H groups in total. The zero-order valence-electron chi connectivity index (χ0n) is 22.9. The van der Waals surface area contributed by atoms with E-state index in [0.717, 1.165) is 48.1 Å². The molecule has 38 heavy (non-hydrogen) atoms. The zero-order chi connectivity index (χ0) is 27.2. The number of nitrogens with one attached hydrogen (secondary N) is 1. The van der Waals surface area contributed by atoms with Crippen LogP contribution in [0.3, 0.4) is 0 Å². The topological polar surface area (TPSA) is 75.5 Å². The molecule has 0 atom stereocenters. The average molecular weight is 514 g/mol. The molecule has 3 aromatic carbocycles. The monoisotopic (exact) mass is 513 g/mol. The van der Waals surface area contributed by atoms with Crippen LogP contribution in [0.4, 0.5) is 16.2 Å². The van der Waals surface area contributed by atoms with Crippen LogP contribution < -0.4 is 5.32 Å². The number of rotatable bonds is 8. The van der Waals surface area contributed by atoms with Crippen LogP contribution in [0.25, 0.3) is 0 Å². The van der Waals surface area contributed by atoms with Gasteiger partial charge in [0, 0.05) is 30.4 Å². The normalized spacial score (nSPS) is 17.4. The molecule has 0 saturated heterocycles. The molecule has 1 fully saturated rings. The lowest BCUT2D eigenvalue weighted by Gasteiger charge is -2.37. The number of hydrogen-bond acceptors (Lipinski definition) is 3. The Labute approximate surface area is 226 Å². The van der Waals surface area contributed by atoms with E-state index in [1.165, 1.54) is 17.7 Å². The van der Waals surface area contributed by atoms with Gasteiger partial charge in [0.15, 0.2) is 0 Å². The van der Waals surface area contributed by atoms with Crippen molar-refractivity contribution in [2.24, 2.45) is 0 Å². The first-order chi connectivity index (χ1) is 18.2. The number of non-ortho nitro benzene ring substituents is 1. The summed E-state index contributed by atoms with van der Waals surface area (Å²) in [5, 5.41) is 14.5. The van der Waals surface area contributed by atoms with Crippen molar-refractivity contribution in [2.45, 2.75) is 83.7 Å². The summed E-state index contributed by atoms with van der Waals surface area (Å²) in [5.74, 6) is 1.05. The molecular formula is C32H39N3O3. The van der Waals surface area contributed by atoms with Crippen molar-refractivity contribution in [3.05, 3.63) is 105 Å². The van der Waals surface area contributed by atoms with Crippen LogP contribution in [-0.2, 0) is 6.54 Å². The predicted molar refractivity (Wildman–Crippen MR) is 154 cm³/mol. The van der Waals surface area contributed by atoms with Crippen molar-refractivity contribution in [1.29, 1.82) is 0 Å². The number of nitro benzene ring substituents is 1. The Bertz CT molecular complexity index is 1200. The lowest BCUT2D eigenvalue weighted by Crippen LogP contribution is -2.44. The smallest absolute Gasteiger partial charge is 0.317 e. The average Bonchev–Trinajstić information content (AvgIpc) is 2.92.